The van der Waals surface area contributed by atoms with E-state index in [1.807, 2.05) is 17.0 Å². The molecule has 3 fully saturated rings. The molecule has 8 nitrogen and oxygen atoms in total. The van der Waals surface area contributed by atoms with Gasteiger partial charge >= 0.3 is 5.97 Å². The number of ether oxygens (including phenoxy) is 1. The molecule has 5 aliphatic heterocycles. The standard InChI is InChI=1S/C21H20N2O6/c24-12-4-1-3-10-11(22-8-2-5-15(22)25)9-14-21-7-6-13(29-21)16(20(27)28)17(21)19(26)23(14)18(10)12/h1,3-4,6-7,11,13-14,16-17,24H,2,5,8-9H2,(H,27,28)/t11-,13-,14-,16-,17+,21-/m0/s1. The number of carboxylic acids is 1. The smallest absolute Gasteiger partial charge is 0.310 e. The average Bonchev–Trinajstić information content (AvgIpc) is 3.43. The Morgan fingerprint density at radius 2 is 2.10 bits per heavy atom. The van der Waals surface area contributed by atoms with Gasteiger partial charge in [0.15, 0.2) is 0 Å². The molecule has 5 heterocycles. The Bertz CT molecular complexity index is 1000. The third kappa shape index (κ3) is 1.90. The van der Waals surface area contributed by atoms with Crippen LogP contribution < -0.4 is 4.90 Å². The lowest BCUT2D eigenvalue weighted by atomic mass is 9.73. The third-order valence-corrected chi connectivity index (χ3v) is 7.29. The first-order valence-corrected chi connectivity index (χ1v) is 9.98. The highest BCUT2D eigenvalue weighted by Crippen LogP contribution is 2.61. The average molecular weight is 396 g/mol. The van der Waals surface area contributed by atoms with E-state index in [0.29, 0.717) is 25.1 Å². The van der Waals surface area contributed by atoms with Crippen LogP contribution in [-0.2, 0) is 19.1 Å². The van der Waals surface area contributed by atoms with Crippen molar-refractivity contribution in [2.75, 3.05) is 11.4 Å². The monoisotopic (exact) mass is 396 g/mol. The summed E-state index contributed by atoms with van der Waals surface area (Å²) in [5, 5.41) is 20.4. The van der Waals surface area contributed by atoms with Crippen LogP contribution in [0.25, 0.3) is 0 Å². The molecule has 3 saturated heterocycles. The number of hydrogen-bond donors (Lipinski definition) is 2. The van der Waals surface area contributed by atoms with E-state index in [4.69, 9.17) is 4.74 Å². The molecule has 1 aromatic carbocycles. The van der Waals surface area contributed by atoms with E-state index < -0.39 is 35.6 Å². The van der Waals surface area contributed by atoms with E-state index in [1.54, 1.807) is 12.1 Å². The summed E-state index contributed by atoms with van der Waals surface area (Å²) in [6, 6.07) is 4.32. The molecule has 0 unspecified atom stereocenters. The van der Waals surface area contributed by atoms with Crippen LogP contribution in [0.4, 0.5) is 5.69 Å². The number of aliphatic carboxylic acids is 1. The van der Waals surface area contributed by atoms with E-state index >= 15 is 0 Å². The van der Waals surface area contributed by atoms with Crippen LogP contribution in [0.5, 0.6) is 5.75 Å². The fourth-order valence-electron chi connectivity index (χ4n) is 6.20. The summed E-state index contributed by atoms with van der Waals surface area (Å²) in [7, 11) is 0. The number of carbonyl (C=O) groups is 3. The summed E-state index contributed by atoms with van der Waals surface area (Å²) in [4.78, 5) is 41.3. The van der Waals surface area contributed by atoms with Crippen molar-refractivity contribution in [1.29, 1.82) is 0 Å². The fraction of sp³-hybridized carbons (Fsp3) is 0.476. The number of amides is 2. The number of likely N-dealkylation sites (tertiary alicyclic amines) is 1. The van der Waals surface area contributed by atoms with Gasteiger partial charge in [0.25, 0.3) is 0 Å². The number of anilines is 1. The second kappa shape index (κ2) is 5.38. The predicted octanol–water partition coefficient (Wildman–Crippen LogP) is 1.20. The lowest BCUT2D eigenvalue weighted by Gasteiger charge is -2.44. The Balaban J connectivity index is 1.53. The van der Waals surface area contributed by atoms with Gasteiger partial charge in [0, 0.05) is 18.5 Å². The van der Waals surface area contributed by atoms with Gasteiger partial charge in [-0.05, 0) is 18.9 Å². The van der Waals surface area contributed by atoms with Gasteiger partial charge in [0.2, 0.25) is 11.8 Å². The normalized spacial score (nSPS) is 39.1. The van der Waals surface area contributed by atoms with Crippen molar-refractivity contribution in [1.82, 2.24) is 4.90 Å². The van der Waals surface area contributed by atoms with Gasteiger partial charge in [-0.1, -0.05) is 24.3 Å². The zero-order valence-corrected chi connectivity index (χ0v) is 15.5. The third-order valence-electron chi connectivity index (χ3n) is 7.29. The van der Waals surface area contributed by atoms with Gasteiger partial charge in [-0.2, -0.15) is 0 Å². The second-order valence-electron chi connectivity index (χ2n) is 8.52. The van der Waals surface area contributed by atoms with Gasteiger partial charge in [-0.3, -0.25) is 14.4 Å². The number of carbonyl (C=O) groups excluding carboxylic acids is 2. The molecule has 0 radical (unpaired) electrons. The first-order chi connectivity index (χ1) is 13.9. The quantitative estimate of drug-likeness (QED) is 0.728. The van der Waals surface area contributed by atoms with Crippen molar-refractivity contribution in [3.8, 4) is 5.75 Å². The Hall–Kier alpha value is -2.87. The SMILES string of the molecule is O=C(O)[C@H]1[C@@H]2C=C[C@]3(O2)[C@@H]2C[C@H](N4CCCC4=O)c4cccc(O)c4N2C(=O)[C@@H]13. The van der Waals surface area contributed by atoms with E-state index in [1.165, 1.54) is 11.0 Å². The highest BCUT2D eigenvalue weighted by Gasteiger charge is 2.72. The van der Waals surface area contributed by atoms with Crippen molar-refractivity contribution in [3.05, 3.63) is 35.9 Å². The van der Waals surface area contributed by atoms with Crippen LogP contribution in [0.2, 0.25) is 0 Å². The minimum Gasteiger partial charge on any atom is -0.506 e. The summed E-state index contributed by atoms with van der Waals surface area (Å²) in [5.41, 5.74) is 0.0738. The van der Waals surface area contributed by atoms with Crippen LogP contribution in [0.15, 0.2) is 30.4 Å². The summed E-state index contributed by atoms with van der Waals surface area (Å²) in [6.07, 6.45) is 4.67. The molecule has 150 valence electrons. The van der Waals surface area contributed by atoms with Crippen molar-refractivity contribution in [2.24, 2.45) is 11.8 Å². The summed E-state index contributed by atoms with van der Waals surface area (Å²) >= 11 is 0. The van der Waals surface area contributed by atoms with Gasteiger partial charge in [0.1, 0.15) is 17.3 Å². The minimum atomic E-state index is -1.05. The van der Waals surface area contributed by atoms with Crippen molar-refractivity contribution >= 4 is 23.5 Å². The van der Waals surface area contributed by atoms with Crippen LogP contribution in [0.3, 0.4) is 0 Å². The lowest BCUT2D eigenvalue weighted by molar-refractivity contribution is -0.146. The lowest BCUT2D eigenvalue weighted by Crippen LogP contribution is -2.50. The number of aromatic hydroxyl groups is 1. The van der Waals surface area contributed by atoms with Gasteiger partial charge in [0.05, 0.1) is 29.8 Å². The Kier molecular flexibility index (Phi) is 3.16. The molecule has 5 aliphatic rings. The number of carboxylic acid groups (broad SMARTS) is 1. The highest BCUT2D eigenvalue weighted by atomic mass is 16.5. The molecule has 29 heavy (non-hydrogen) atoms. The molecular weight excluding hydrogens is 376 g/mol. The molecule has 2 bridgehead atoms. The predicted molar refractivity (Wildman–Crippen MR) is 99.0 cm³/mol. The molecule has 0 saturated carbocycles. The van der Waals surface area contributed by atoms with Crippen molar-refractivity contribution in [3.63, 3.8) is 0 Å². The highest BCUT2D eigenvalue weighted by molar-refractivity contribution is 6.05. The van der Waals surface area contributed by atoms with Gasteiger partial charge in [-0.15, -0.1) is 0 Å². The molecular formula is C21H20N2O6. The molecule has 1 aromatic rings. The topological polar surface area (TPSA) is 107 Å². The number of hydrogen-bond acceptors (Lipinski definition) is 5. The number of rotatable bonds is 2. The second-order valence-corrected chi connectivity index (χ2v) is 8.52. The minimum absolute atomic E-state index is 0.0426. The number of phenols is 1. The summed E-state index contributed by atoms with van der Waals surface area (Å²) < 4.78 is 6.15. The molecule has 6 atom stereocenters. The van der Waals surface area contributed by atoms with Gasteiger partial charge < -0.3 is 24.7 Å². The number of nitrogens with zero attached hydrogens (tertiary/aromatic N) is 2. The first-order valence-electron chi connectivity index (χ1n) is 9.98. The van der Waals surface area contributed by atoms with Crippen LogP contribution in [0, 0.1) is 11.8 Å². The maximum absolute atomic E-state index is 13.5. The zero-order valence-electron chi connectivity index (χ0n) is 15.5. The van der Waals surface area contributed by atoms with E-state index in [2.05, 4.69) is 0 Å². The number of fused-ring (bicyclic) bond motifs is 4. The largest absolute Gasteiger partial charge is 0.506 e. The molecule has 0 aliphatic carbocycles. The number of benzene rings is 1. The maximum Gasteiger partial charge on any atom is 0.310 e. The molecule has 8 heteroatoms. The van der Waals surface area contributed by atoms with Gasteiger partial charge in [-0.25, -0.2) is 0 Å². The van der Waals surface area contributed by atoms with E-state index in [9.17, 15) is 24.6 Å². The van der Waals surface area contributed by atoms with Crippen LogP contribution in [-0.4, -0.2) is 57.2 Å². The van der Waals surface area contributed by atoms with Crippen molar-refractivity contribution in [2.45, 2.75) is 43.1 Å². The number of para-hydroxylation sites is 1. The Morgan fingerprint density at radius 3 is 2.83 bits per heavy atom. The molecule has 6 rings (SSSR count). The number of phenolic OH excluding ortho intramolecular Hbond substituents is 1. The molecule has 0 aromatic heterocycles. The van der Waals surface area contributed by atoms with E-state index in [-0.39, 0.29) is 23.6 Å². The summed E-state index contributed by atoms with van der Waals surface area (Å²) in [5.74, 6) is -3.14. The molecule has 1 spiro atoms. The fourth-order valence-corrected chi connectivity index (χ4v) is 6.20. The van der Waals surface area contributed by atoms with Crippen LogP contribution in [0.1, 0.15) is 30.9 Å². The Labute approximate surface area is 166 Å². The Morgan fingerprint density at radius 1 is 1.28 bits per heavy atom. The first kappa shape index (κ1) is 17.0. The summed E-state index contributed by atoms with van der Waals surface area (Å²) in [6.45, 7) is 0.632. The maximum atomic E-state index is 13.5. The van der Waals surface area contributed by atoms with E-state index in [0.717, 1.165) is 12.0 Å². The molecule has 2 amide bonds. The molecule has 2 N–H and O–H groups in total. The van der Waals surface area contributed by atoms with Crippen molar-refractivity contribution < 1.29 is 29.3 Å². The zero-order chi connectivity index (χ0) is 20.1. The van der Waals surface area contributed by atoms with Crippen LogP contribution >= 0.6 is 0 Å².